The van der Waals surface area contributed by atoms with Crippen LogP contribution in [0.15, 0.2) is 18.2 Å². The standard InChI is InChI=1S/C13H17IN4O2/c14-12-7-10(1-2-13(12)18(19)20)16-3-5-17(6-4-16)11-8-15-9-11/h1-2,7,11,15H,3-6,8-9H2. The predicted molar refractivity (Wildman–Crippen MR) is 86.3 cm³/mol. The van der Waals surface area contributed by atoms with Crippen LogP contribution >= 0.6 is 22.6 Å². The average Bonchev–Trinajstić information content (AvgIpc) is 2.37. The van der Waals surface area contributed by atoms with Gasteiger partial charge >= 0.3 is 0 Å². The first-order valence-electron chi connectivity index (χ1n) is 6.79. The first-order chi connectivity index (χ1) is 9.65. The first-order valence-corrected chi connectivity index (χ1v) is 7.86. The molecule has 6 nitrogen and oxygen atoms in total. The molecule has 20 heavy (non-hydrogen) atoms. The molecule has 108 valence electrons. The van der Waals surface area contributed by atoms with Gasteiger partial charge in [-0.05, 0) is 34.7 Å². The lowest BCUT2D eigenvalue weighted by Crippen LogP contribution is -2.61. The summed E-state index contributed by atoms with van der Waals surface area (Å²) in [5, 5.41) is 14.1. The molecule has 0 amide bonds. The molecule has 0 saturated carbocycles. The van der Waals surface area contributed by atoms with Crippen LogP contribution in [0.5, 0.6) is 0 Å². The Balaban J connectivity index is 1.65. The zero-order chi connectivity index (χ0) is 14.1. The van der Waals surface area contributed by atoms with Crippen molar-refractivity contribution >= 4 is 34.0 Å². The second kappa shape index (κ2) is 5.82. The minimum absolute atomic E-state index is 0.188. The molecule has 1 aromatic carbocycles. The van der Waals surface area contributed by atoms with E-state index in [9.17, 15) is 10.1 Å². The van der Waals surface area contributed by atoms with E-state index in [1.165, 1.54) is 0 Å². The first kappa shape index (κ1) is 14.0. The molecule has 2 saturated heterocycles. The number of nitrogens with zero attached hydrogens (tertiary/aromatic N) is 3. The summed E-state index contributed by atoms with van der Waals surface area (Å²) < 4.78 is 0.704. The molecule has 7 heteroatoms. The molecule has 0 aliphatic carbocycles. The maximum absolute atomic E-state index is 10.8. The van der Waals surface area contributed by atoms with Gasteiger partial charge in [-0.3, -0.25) is 15.0 Å². The molecule has 0 radical (unpaired) electrons. The molecule has 1 N–H and O–H groups in total. The van der Waals surface area contributed by atoms with Gasteiger partial charge in [0.05, 0.1) is 8.49 Å². The van der Waals surface area contributed by atoms with Crippen LogP contribution in [0.3, 0.4) is 0 Å². The van der Waals surface area contributed by atoms with Crippen LogP contribution in [0.25, 0.3) is 0 Å². The Morgan fingerprint density at radius 3 is 2.45 bits per heavy atom. The molecule has 2 fully saturated rings. The van der Waals surface area contributed by atoms with E-state index in [4.69, 9.17) is 0 Å². The third-order valence-electron chi connectivity index (χ3n) is 4.08. The van der Waals surface area contributed by atoms with Crippen molar-refractivity contribution in [3.63, 3.8) is 0 Å². The predicted octanol–water partition coefficient (Wildman–Crippen LogP) is 1.29. The normalized spacial score (nSPS) is 20.8. The molecule has 0 spiro atoms. The van der Waals surface area contributed by atoms with E-state index in [1.807, 2.05) is 34.7 Å². The number of halogens is 1. The number of anilines is 1. The van der Waals surface area contributed by atoms with Gasteiger partial charge in [0, 0.05) is 57.1 Å². The fourth-order valence-corrected chi connectivity index (χ4v) is 3.41. The smallest absolute Gasteiger partial charge is 0.282 e. The summed E-state index contributed by atoms with van der Waals surface area (Å²) in [5.74, 6) is 0. The molecule has 2 heterocycles. The minimum Gasteiger partial charge on any atom is -0.369 e. The number of nitro groups is 1. The molecule has 2 aliphatic rings. The SMILES string of the molecule is O=[N+]([O-])c1ccc(N2CCN(C3CNC3)CC2)cc1I. The van der Waals surface area contributed by atoms with Crippen molar-refractivity contribution in [2.45, 2.75) is 6.04 Å². The highest BCUT2D eigenvalue weighted by molar-refractivity contribution is 14.1. The highest BCUT2D eigenvalue weighted by Crippen LogP contribution is 2.27. The van der Waals surface area contributed by atoms with E-state index in [0.717, 1.165) is 45.0 Å². The molecule has 3 rings (SSSR count). The fourth-order valence-electron chi connectivity index (χ4n) is 2.72. The van der Waals surface area contributed by atoms with Gasteiger partial charge in [-0.25, -0.2) is 0 Å². The Hall–Kier alpha value is -0.930. The van der Waals surface area contributed by atoms with E-state index in [-0.39, 0.29) is 10.6 Å². The third-order valence-corrected chi connectivity index (χ3v) is 4.95. The van der Waals surface area contributed by atoms with Crippen LogP contribution in [0.1, 0.15) is 0 Å². The number of hydrogen-bond acceptors (Lipinski definition) is 5. The molecule has 1 aromatic rings. The average molecular weight is 388 g/mol. The molecule has 0 aromatic heterocycles. The molecular weight excluding hydrogens is 371 g/mol. The Kier molecular flexibility index (Phi) is 4.08. The summed E-state index contributed by atoms with van der Waals surface area (Å²) in [4.78, 5) is 15.4. The fraction of sp³-hybridized carbons (Fsp3) is 0.538. The van der Waals surface area contributed by atoms with E-state index in [2.05, 4.69) is 15.1 Å². The van der Waals surface area contributed by atoms with Crippen LogP contribution in [-0.2, 0) is 0 Å². The van der Waals surface area contributed by atoms with Gasteiger partial charge in [0.2, 0.25) is 0 Å². The van der Waals surface area contributed by atoms with Gasteiger partial charge in [-0.1, -0.05) is 0 Å². The summed E-state index contributed by atoms with van der Waals surface area (Å²) in [7, 11) is 0. The molecular formula is C13H17IN4O2. The Morgan fingerprint density at radius 1 is 1.25 bits per heavy atom. The number of benzene rings is 1. The van der Waals surface area contributed by atoms with E-state index in [0.29, 0.717) is 9.61 Å². The lowest BCUT2D eigenvalue weighted by atomic mass is 10.1. The van der Waals surface area contributed by atoms with Crippen LogP contribution in [-0.4, -0.2) is 55.1 Å². The van der Waals surface area contributed by atoms with Crippen molar-refractivity contribution in [3.05, 3.63) is 31.9 Å². The van der Waals surface area contributed by atoms with Gasteiger partial charge in [-0.15, -0.1) is 0 Å². The van der Waals surface area contributed by atoms with E-state index < -0.39 is 0 Å². The monoisotopic (exact) mass is 388 g/mol. The van der Waals surface area contributed by atoms with Gasteiger partial charge < -0.3 is 10.2 Å². The number of piperazine rings is 1. The van der Waals surface area contributed by atoms with Gasteiger partial charge in [0.15, 0.2) is 0 Å². The van der Waals surface area contributed by atoms with Crippen LogP contribution in [0.4, 0.5) is 11.4 Å². The zero-order valence-electron chi connectivity index (χ0n) is 11.1. The second-order valence-corrected chi connectivity index (χ2v) is 6.39. The lowest BCUT2D eigenvalue weighted by molar-refractivity contribution is -0.385. The number of hydrogen-bond donors (Lipinski definition) is 1. The topological polar surface area (TPSA) is 61.7 Å². The zero-order valence-corrected chi connectivity index (χ0v) is 13.2. The van der Waals surface area contributed by atoms with Crippen molar-refractivity contribution < 1.29 is 4.92 Å². The summed E-state index contributed by atoms with van der Waals surface area (Å²) in [6, 6.07) is 6.09. The van der Waals surface area contributed by atoms with Gasteiger partial charge in [0.1, 0.15) is 0 Å². The molecule has 0 atom stereocenters. The third kappa shape index (κ3) is 2.75. The van der Waals surface area contributed by atoms with Gasteiger partial charge in [-0.2, -0.15) is 0 Å². The summed E-state index contributed by atoms with van der Waals surface area (Å²) in [5.41, 5.74) is 1.28. The highest BCUT2D eigenvalue weighted by Gasteiger charge is 2.28. The van der Waals surface area contributed by atoms with Crippen LogP contribution in [0, 0.1) is 13.7 Å². The highest BCUT2D eigenvalue weighted by atomic mass is 127. The van der Waals surface area contributed by atoms with Crippen LogP contribution < -0.4 is 10.2 Å². The van der Waals surface area contributed by atoms with Crippen molar-refractivity contribution in [3.8, 4) is 0 Å². The molecule has 2 aliphatic heterocycles. The molecule has 0 bridgehead atoms. The van der Waals surface area contributed by atoms with Crippen molar-refractivity contribution in [2.24, 2.45) is 0 Å². The Morgan fingerprint density at radius 2 is 1.95 bits per heavy atom. The number of nitrogens with one attached hydrogen (secondary N) is 1. The summed E-state index contributed by atoms with van der Waals surface area (Å²) >= 11 is 2.04. The largest absolute Gasteiger partial charge is 0.369 e. The Labute approximate surface area is 131 Å². The Bertz CT molecular complexity index is 513. The molecule has 0 unspecified atom stereocenters. The lowest BCUT2D eigenvalue weighted by Gasteiger charge is -2.43. The quantitative estimate of drug-likeness (QED) is 0.481. The van der Waals surface area contributed by atoms with E-state index in [1.54, 1.807) is 6.07 Å². The minimum atomic E-state index is -0.326. The van der Waals surface area contributed by atoms with Crippen molar-refractivity contribution in [1.29, 1.82) is 0 Å². The number of rotatable bonds is 3. The maximum atomic E-state index is 10.8. The van der Waals surface area contributed by atoms with E-state index >= 15 is 0 Å². The van der Waals surface area contributed by atoms with Gasteiger partial charge in [0.25, 0.3) is 5.69 Å². The maximum Gasteiger partial charge on any atom is 0.282 e. The number of nitro benzene ring substituents is 1. The van der Waals surface area contributed by atoms with Crippen molar-refractivity contribution in [1.82, 2.24) is 10.2 Å². The van der Waals surface area contributed by atoms with Crippen molar-refractivity contribution in [2.75, 3.05) is 44.2 Å². The van der Waals surface area contributed by atoms with Crippen LogP contribution in [0.2, 0.25) is 0 Å². The summed E-state index contributed by atoms with van der Waals surface area (Å²) in [6.45, 7) is 6.33. The summed E-state index contributed by atoms with van der Waals surface area (Å²) in [6.07, 6.45) is 0. The second-order valence-electron chi connectivity index (χ2n) is 5.23.